The zero-order valence-electron chi connectivity index (χ0n) is 21.9. The molecule has 11 nitrogen and oxygen atoms in total. The molecule has 4 aromatic rings. The fourth-order valence-corrected chi connectivity index (χ4v) is 5.35. The third kappa shape index (κ3) is 9.23. The van der Waals surface area contributed by atoms with Gasteiger partial charge in [-0.1, -0.05) is 22.7 Å². The van der Waals surface area contributed by atoms with Crippen LogP contribution in [0.2, 0.25) is 0 Å². The maximum Gasteiger partial charge on any atom is 0.229 e. The van der Waals surface area contributed by atoms with Gasteiger partial charge in [0.2, 0.25) is 22.1 Å². The van der Waals surface area contributed by atoms with Gasteiger partial charge in [-0.25, -0.2) is 0 Å². The summed E-state index contributed by atoms with van der Waals surface area (Å²) in [5, 5.41) is 18.9. The van der Waals surface area contributed by atoms with Crippen LogP contribution in [0.1, 0.15) is 12.8 Å². The maximum atomic E-state index is 11.9. The van der Waals surface area contributed by atoms with Gasteiger partial charge in [-0.15, -0.1) is 20.4 Å². The summed E-state index contributed by atoms with van der Waals surface area (Å²) < 4.78 is 11.0. The van der Waals surface area contributed by atoms with Gasteiger partial charge in [-0.2, -0.15) is 11.8 Å². The molecule has 0 radical (unpaired) electrons. The van der Waals surface area contributed by atoms with E-state index < -0.39 is 10.8 Å². The number of hydrogen-bond acceptors (Lipinski definition) is 12. The second-order valence-corrected chi connectivity index (χ2v) is 12.4. The van der Waals surface area contributed by atoms with Gasteiger partial charge in [0.15, 0.2) is 10.0 Å². The summed E-state index contributed by atoms with van der Waals surface area (Å²) in [6, 6.07) is 7.48. The van der Waals surface area contributed by atoms with Crippen LogP contribution in [0.3, 0.4) is 0 Å². The minimum absolute atomic E-state index is 0.0586. The summed E-state index contributed by atoms with van der Waals surface area (Å²) in [6.45, 7) is 0. The molecular formula is C24H28N8O3S4. The Balaban J connectivity index is 0.000000216. The average molecular weight is 605 g/mol. The van der Waals surface area contributed by atoms with E-state index in [0.29, 0.717) is 27.4 Å². The van der Waals surface area contributed by atoms with Crippen molar-refractivity contribution in [2.45, 2.75) is 12.8 Å². The number of carbonyl (C=O) groups is 2. The topological polar surface area (TPSA) is 135 Å². The highest BCUT2D eigenvalue weighted by Crippen LogP contribution is 2.28. The monoisotopic (exact) mass is 604 g/mol. The zero-order valence-corrected chi connectivity index (χ0v) is 25.1. The Morgan fingerprint density at radius 3 is 1.74 bits per heavy atom. The van der Waals surface area contributed by atoms with Crippen LogP contribution in [0.4, 0.5) is 10.3 Å². The van der Waals surface area contributed by atoms with Crippen molar-refractivity contribution in [3.05, 3.63) is 49.1 Å². The molecule has 0 saturated heterocycles. The Morgan fingerprint density at radius 1 is 0.846 bits per heavy atom. The molecule has 0 aliphatic heterocycles. The molecule has 206 valence electrons. The first-order valence-corrected chi connectivity index (χ1v) is 16.4. The van der Waals surface area contributed by atoms with Crippen molar-refractivity contribution in [3.63, 3.8) is 0 Å². The smallest absolute Gasteiger partial charge is 0.229 e. The normalized spacial score (nSPS) is 11.3. The lowest BCUT2D eigenvalue weighted by Gasteiger charge is -2.12. The molecule has 0 N–H and O–H groups in total. The van der Waals surface area contributed by atoms with Crippen molar-refractivity contribution >= 4 is 67.3 Å². The number of anilines is 2. The van der Waals surface area contributed by atoms with Crippen molar-refractivity contribution in [3.8, 4) is 21.1 Å². The molecule has 0 saturated carbocycles. The van der Waals surface area contributed by atoms with Crippen molar-refractivity contribution in [1.29, 1.82) is 0 Å². The SMILES string of the molecule is CN(C(=O)CCS(C)=O)c1nnc(-c2cccnc2)s1.CSCCC(=O)N(C)c1nnc(-c2cccnc2)s1. The summed E-state index contributed by atoms with van der Waals surface area (Å²) in [6.07, 6.45) is 11.2. The Bertz CT molecular complexity index is 1370. The number of nitrogens with zero attached hydrogens (tertiary/aromatic N) is 8. The Morgan fingerprint density at radius 2 is 1.33 bits per heavy atom. The first-order chi connectivity index (χ1) is 18.8. The van der Waals surface area contributed by atoms with Crippen molar-refractivity contribution in [2.24, 2.45) is 0 Å². The molecular weight excluding hydrogens is 577 g/mol. The Labute approximate surface area is 241 Å². The third-order valence-electron chi connectivity index (χ3n) is 5.09. The van der Waals surface area contributed by atoms with Crippen molar-refractivity contribution in [1.82, 2.24) is 30.4 Å². The van der Waals surface area contributed by atoms with Gasteiger partial charge in [0.1, 0.15) is 0 Å². The minimum atomic E-state index is -0.972. The highest BCUT2D eigenvalue weighted by Gasteiger charge is 2.17. The predicted octanol–water partition coefficient (Wildman–Crippen LogP) is 3.65. The fourth-order valence-electron chi connectivity index (χ4n) is 2.88. The van der Waals surface area contributed by atoms with Gasteiger partial charge in [0.25, 0.3) is 0 Å². The summed E-state index contributed by atoms with van der Waals surface area (Å²) in [5.74, 6) is 1.12. The number of pyridine rings is 2. The first kappa shape index (κ1) is 30.4. The van der Waals surface area contributed by atoms with Crippen LogP contribution in [0.25, 0.3) is 21.1 Å². The molecule has 0 spiro atoms. The number of carbonyl (C=O) groups excluding carboxylic acids is 2. The van der Waals surface area contributed by atoms with Crippen molar-refractivity contribution < 1.29 is 13.8 Å². The molecule has 1 unspecified atom stereocenters. The van der Waals surface area contributed by atoms with Gasteiger partial charge in [-0.3, -0.25) is 33.6 Å². The second-order valence-electron chi connectivity index (χ2n) is 7.94. The molecule has 0 aliphatic carbocycles. The highest BCUT2D eigenvalue weighted by molar-refractivity contribution is 7.98. The highest BCUT2D eigenvalue weighted by atomic mass is 32.2. The summed E-state index contributed by atoms with van der Waals surface area (Å²) in [7, 11) is 2.41. The van der Waals surface area contributed by atoms with Gasteiger partial charge >= 0.3 is 0 Å². The van der Waals surface area contributed by atoms with E-state index >= 15 is 0 Å². The van der Waals surface area contributed by atoms with Gasteiger partial charge < -0.3 is 0 Å². The quantitative estimate of drug-likeness (QED) is 0.264. The van der Waals surface area contributed by atoms with Crippen LogP contribution >= 0.6 is 34.4 Å². The lowest BCUT2D eigenvalue weighted by Crippen LogP contribution is -2.27. The number of amides is 2. The lowest BCUT2D eigenvalue weighted by atomic mass is 10.3. The number of hydrogen-bond donors (Lipinski definition) is 0. The minimum Gasteiger partial charge on any atom is -0.290 e. The van der Waals surface area contributed by atoms with E-state index in [4.69, 9.17) is 0 Å². The largest absolute Gasteiger partial charge is 0.290 e. The summed E-state index contributed by atoms with van der Waals surface area (Å²) in [4.78, 5) is 34.9. The molecule has 0 aromatic carbocycles. The van der Waals surface area contributed by atoms with Crippen LogP contribution in [0.15, 0.2) is 49.1 Å². The van der Waals surface area contributed by atoms with Crippen LogP contribution in [-0.2, 0) is 20.4 Å². The zero-order chi connectivity index (χ0) is 28.2. The molecule has 39 heavy (non-hydrogen) atoms. The summed E-state index contributed by atoms with van der Waals surface area (Å²) in [5.41, 5.74) is 1.78. The molecule has 2 amide bonds. The van der Waals surface area contributed by atoms with E-state index in [-0.39, 0.29) is 18.2 Å². The van der Waals surface area contributed by atoms with E-state index in [9.17, 15) is 13.8 Å². The lowest BCUT2D eigenvalue weighted by molar-refractivity contribution is -0.118. The van der Waals surface area contributed by atoms with E-state index in [0.717, 1.165) is 21.9 Å². The maximum absolute atomic E-state index is 11.9. The van der Waals surface area contributed by atoms with Crippen LogP contribution in [0.5, 0.6) is 0 Å². The van der Waals surface area contributed by atoms with Gasteiger partial charge in [0, 0.05) is 91.4 Å². The van der Waals surface area contributed by atoms with Crippen LogP contribution in [0, 0.1) is 0 Å². The molecule has 4 heterocycles. The van der Waals surface area contributed by atoms with E-state index in [1.165, 1.54) is 27.6 Å². The molecule has 0 bridgehead atoms. The fraction of sp³-hybridized carbons (Fsp3) is 0.333. The van der Waals surface area contributed by atoms with Crippen LogP contribution in [-0.4, -0.2) is 84.5 Å². The van der Waals surface area contributed by atoms with E-state index in [2.05, 4.69) is 30.4 Å². The Kier molecular flexibility index (Phi) is 12.0. The molecule has 1 atom stereocenters. The number of thioether (sulfide) groups is 1. The number of rotatable bonds is 10. The Hall–Kier alpha value is -3.14. The van der Waals surface area contributed by atoms with Crippen molar-refractivity contribution in [2.75, 3.05) is 47.9 Å². The molecule has 0 fully saturated rings. The van der Waals surface area contributed by atoms with Crippen LogP contribution < -0.4 is 9.80 Å². The van der Waals surface area contributed by atoms with Gasteiger partial charge in [0.05, 0.1) is 0 Å². The number of aromatic nitrogens is 6. The van der Waals surface area contributed by atoms with Gasteiger partial charge in [-0.05, 0) is 30.5 Å². The molecule has 0 aliphatic rings. The second kappa shape index (κ2) is 15.5. The average Bonchev–Trinajstić information content (AvgIpc) is 3.66. The molecule has 4 rings (SSSR count). The third-order valence-corrected chi connectivity index (χ3v) is 8.58. The standard InChI is InChI=1S/C12H14N4O2S2.C12H14N4OS2/c1-16(10(17)5-7-20(2)18)12-15-14-11(19-12)9-4-3-6-13-8-9;1-16(10(17)5-7-18-2)12-15-14-11(19-12)9-4-3-6-13-8-9/h3-4,6,8H,5,7H2,1-2H3;3-4,6,8H,5,7H2,1-2H3. The predicted molar refractivity (Wildman–Crippen MR) is 160 cm³/mol. The first-order valence-electron chi connectivity index (χ1n) is 11.6. The molecule has 15 heteroatoms. The van der Waals surface area contributed by atoms with E-state index in [1.807, 2.05) is 30.5 Å². The van der Waals surface area contributed by atoms with E-state index in [1.54, 1.807) is 61.8 Å². The molecule has 4 aromatic heterocycles. The summed E-state index contributed by atoms with van der Waals surface area (Å²) >= 11 is 4.37.